The molecule has 3 aliphatic rings. The van der Waals surface area contributed by atoms with Crippen LogP contribution in [0.15, 0.2) is 30.3 Å². The number of piperazine rings is 1. The van der Waals surface area contributed by atoms with Crippen molar-refractivity contribution < 1.29 is 9.59 Å². The highest BCUT2D eigenvalue weighted by Crippen LogP contribution is 2.36. The molecule has 152 valence electrons. The Morgan fingerprint density at radius 1 is 1.00 bits per heavy atom. The summed E-state index contributed by atoms with van der Waals surface area (Å²) in [7, 11) is 0. The van der Waals surface area contributed by atoms with E-state index in [1.54, 1.807) is 0 Å². The zero-order chi connectivity index (χ0) is 19.7. The first kappa shape index (κ1) is 19.3. The lowest BCUT2D eigenvalue weighted by Gasteiger charge is -2.40. The monoisotopic (exact) mass is 383 g/mol. The number of amides is 2. The van der Waals surface area contributed by atoms with Gasteiger partial charge in [0, 0.05) is 50.9 Å². The smallest absolute Gasteiger partial charge is 0.228 e. The largest absolute Gasteiger partial charge is 0.368 e. The van der Waals surface area contributed by atoms with E-state index in [1.165, 1.54) is 18.5 Å². The SMILES string of the molecule is C[C@@H]1[C@H](C)CCC[C@@H]1N1C[C@H](C(=O)N2CCN(c3ccccc3)CC2)CC1=O. The van der Waals surface area contributed by atoms with Crippen molar-refractivity contribution in [2.45, 2.75) is 45.6 Å². The highest BCUT2D eigenvalue weighted by atomic mass is 16.2. The molecule has 1 aromatic rings. The topological polar surface area (TPSA) is 43.9 Å². The minimum absolute atomic E-state index is 0.153. The molecular weight excluding hydrogens is 350 g/mol. The van der Waals surface area contributed by atoms with Crippen LogP contribution in [0.25, 0.3) is 0 Å². The number of carbonyl (C=O) groups is 2. The molecule has 2 saturated heterocycles. The molecule has 0 radical (unpaired) electrons. The third kappa shape index (κ3) is 3.76. The predicted molar refractivity (Wildman–Crippen MR) is 111 cm³/mol. The molecule has 3 fully saturated rings. The fraction of sp³-hybridized carbons (Fsp3) is 0.652. The fourth-order valence-electron chi connectivity index (χ4n) is 5.29. The number of benzene rings is 1. The van der Waals surface area contributed by atoms with Crippen molar-refractivity contribution in [2.75, 3.05) is 37.6 Å². The summed E-state index contributed by atoms with van der Waals surface area (Å²) in [4.78, 5) is 32.2. The molecule has 5 heteroatoms. The van der Waals surface area contributed by atoms with Gasteiger partial charge in [-0.2, -0.15) is 0 Å². The summed E-state index contributed by atoms with van der Waals surface area (Å²) in [5.74, 6) is 1.40. The number of hydrogen-bond donors (Lipinski definition) is 0. The first-order chi connectivity index (χ1) is 13.5. The molecule has 0 N–H and O–H groups in total. The van der Waals surface area contributed by atoms with Gasteiger partial charge in [0.05, 0.1) is 5.92 Å². The quantitative estimate of drug-likeness (QED) is 0.806. The van der Waals surface area contributed by atoms with E-state index in [1.807, 2.05) is 15.9 Å². The zero-order valence-electron chi connectivity index (χ0n) is 17.2. The van der Waals surface area contributed by atoms with Crippen LogP contribution in [0.3, 0.4) is 0 Å². The second-order valence-electron chi connectivity index (χ2n) is 8.93. The van der Waals surface area contributed by atoms with E-state index in [-0.39, 0.29) is 17.7 Å². The van der Waals surface area contributed by atoms with Crippen LogP contribution < -0.4 is 4.90 Å². The summed E-state index contributed by atoms with van der Waals surface area (Å²) in [6.07, 6.45) is 3.94. The van der Waals surface area contributed by atoms with E-state index in [0.29, 0.717) is 30.8 Å². The van der Waals surface area contributed by atoms with Crippen LogP contribution in [-0.2, 0) is 9.59 Å². The molecule has 5 nitrogen and oxygen atoms in total. The van der Waals surface area contributed by atoms with Crippen molar-refractivity contribution in [1.29, 1.82) is 0 Å². The van der Waals surface area contributed by atoms with Crippen LogP contribution in [0.4, 0.5) is 5.69 Å². The second-order valence-corrected chi connectivity index (χ2v) is 8.93. The third-order valence-electron chi connectivity index (χ3n) is 7.28. The standard InChI is InChI=1S/C23H33N3O2/c1-17-7-6-10-21(18(17)2)26-16-19(15-22(26)27)23(28)25-13-11-24(12-14-25)20-8-4-3-5-9-20/h3-5,8-9,17-19,21H,6-7,10-16H2,1-2H3/t17-,18-,19-,21+/m1/s1. The number of likely N-dealkylation sites (tertiary alicyclic amines) is 1. The summed E-state index contributed by atoms with van der Waals surface area (Å²) in [5, 5.41) is 0. The maximum absolute atomic E-state index is 13.1. The van der Waals surface area contributed by atoms with E-state index in [4.69, 9.17) is 0 Å². The Balaban J connectivity index is 1.34. The van der Waals surface area contributed by atoms with E-state index in [2.05, 4.69) is 43.0 Å². The second kappa shape index (κ2) is 8.14. The highest BCUT2D eigenvalue weighted by molar-refractivity contribution is 5.89. The first-order valence-corrected chi connectivity index (χ1v) is 10.9. The molecular formula is C23H33N3O2. The van der Waals surface area contributed by atoms with Crippen molar-refractivity contribution in [2.24, 2.45) is 17.8 Å². The zero-order valence-corrected chi connectivity index (χ0v) is 17.2. The number of hydrogen-bond acceptors (Lipinski definition) is 3. The van der Waals surface area contributed by atoms with Crippen molar-refractivity contribution >= 4 is 17.5 Å². The molecule has 0 aromatic heterocycles. The van der Waals surface area contributed by atoms with Crippen molar-refractivity contribution in [1.82, 2.24) is 9.80 Å². The number of rotatable bonds is 3. The highest BCUT2D eigenvalue weighted by Gasteiger charge is 2.42. The van der Waals surface area contributed by atoms with Gasteiger partial charge in [-0.3, -0.25) is 9.59 Å². The Kier molecular flexibility index (Phi) is 5.61. The fourth-order valence-corrected chi connectivity index (χ4v) is 5.29. The number of carbonyl (C=O) groups excluding carboxylic acids is 2. The summed E-state index contributed by atoms with van der Waals surface area (Å²) in [6, 6.07) is 10.7. The Morgan fingerprint density at radius 2 is 1.71 bits per heavy atom. The molecule has 0 unspecified atom stereocenters. The summed E-state index contributed by atoms with van der Waals surface area (Å²) in [6.45, 7) is 8.41. The van der Waals surface area contributed by atoms with Crippen LogP contribution in [0, 0.1) is 17.8 Å². The lowest BCUT2D eigenvalue weighted by Crippen LogP contribution is -2.51. The van der Waals surface area contributed by atoms with Crippen LogP contribution in [0.5, 0.6) is 0 Å². The molecule has 2 amide bonds. The Morgan fingerprint density at radius 3 is 2.43 bits per heavy atom. The molecule has 2 heterocycles. The van der Waals surface area contributed by atoms with Crippen LogP contribution >= 0.6 is 0 Å². The van der Waals surface area contributed by atoms with Gasteiger partial charge in [0.25, 0.3) is 0 Å². The van der Waals surface area contributed by atoms with Crippen LogP contribution in [0.2, 0.25) is 0 Å². The summed E-state index contributed by atoms with van der Waals surface area (Å²) in [5.41, 5.74) is 1.22. The van der Waals surface area contributed by atoms with Crippen molar-refractivity contribution in [3.8, 4) is 0 Å². The number of nitrogens with zero attached hydrogens (tertiary/aromatic N) is 3. The third-order valence-corrected chi connectivity index (χ3v) is 7.28. The maximum atomic E-state index is 13.1. The van der Waals surface area contributed by atoms with Gasteiger partial charge < -0.3 is 14.7 Å². The van der Waals surface area contributed by atoms with Gasteiger partial charge in [0.15, 0.2) is 0 Å². The Bertz CT molecular complexity index is 699. The summed E-state index contributed by atoms with van der Waals surface area (Å²) < 4.78 is 0. The van der Waals surface area contributed by atoms with E-state index in [0.717, 1.165) is 32.6 Å². The van der Waals surface area contributed by atoms with Gasteiger partial charge >= 0.3 is 0 Å². The first-order valence-electron chi connectivity index (χ1n) is 10.9. The van der Waals surface area contributed by atoms with Gasteiger partial charge in [-0.25, -0.2) is 0 Å². The normalized spacial score (nSPS) is 31.4. The molecule has 1 aliphatic carbocycles. The maximum Gasteiger partial charge on any atom is 0.228 e. The van der Waals surface area contributed by atoms with E-state index < -0.39 is 0 Å². The average Bonchev–Trinajstić information content (AvgIpc) is 3.12. The lowest BCUT2D eigenvalue weighted by atomic mass is 9.77. The van der Waals surface area contributed by atoms with Gasteiger partial charge in [-0.1, -0.05) is 44.9 Å². The van der Waals surface area contributed by atoms with Gasteiger partial charge in [0.2, 0.25) is 11.8 Å². The summed E-state index contributed by atoms with van der Waals surface area (Å²) >= 11 is 0. The average molecular weight is 384 g/mol. The molecule has 1 aromatic carbocycles. The molecule has 4 rings (SSSR count). The Hall–Kier alpha value is -2.04. The van der Waals surface area contributed by atoms with E-state index in [9.17, 15) is 9.59 Å². The van der Waals surface area contributed by atoms with Gasteiger partial charge in [-0.15, -0.1) is 0 Å². The minimum atomic E-state index is -0.153. The number of para-hydroxylation sites is 1. The molecule has 4 atom stereocenters. The molecule has 0 spiro atoms. The van der Waals surface area contributed by atoms with Crippen LogP contribution in [-0.4, -0.2) is 60.4 Å². The minimum Gasteiger partial charge on any atom is -0.368 e. The number of anilines is 1. The van der Waals surface area contributed by atoms with Crippen LogP contribution in [0.1, 0.15) is 39.5 Å². The Labute approximate surface area is 168 Å². The molecule has 2 aliphatic heterocycles. The molecule has 1 saturated carbocycles. The van der Waals surface area contributed by atoms with Crippen molar-refractivity contribution in [3.63, 3.8) is 0 Å². The van der Waals surface area contributed by atoms with Gasteiger partial charge in [0.1, 0.15) is 0 Å². The predicted octanol–water partition coefficient (Wildman–Crippen LogP) is 3.01. The van der Waals surface area contributed by atoms with Gasteiger partial charge in [-0.05, 0) is 30.4 Å². The lowest BCUT2D eigenvalue weighted by molar-refractivity contribution is -0.136. The molecule has 0 bridgehead atoms. The molecule has 28 heavy (non-hydrogen) atoms. The van der Waals surface area contributed by atoms with Crippen molar-refractivity contribution in [3.05, 3.63) is 30.3 Å². The van der Waals surface area contributed by atoms with E-state index >= 15 is 0 Å².